The van der Waals surface area contributed by atoms with Gasteiger partial charge < -0.3 is 9.15 Å². The van der Waals surface area contributed by atoms with E-state index in [9.17, 15) is 4.79 Å². The zero-order valence-electron chi connectivity index (χ0n) is 21.7. The van der Waals surface area contributed by atoms with Gasteiger partial charge in [0.05, 0.1) is 18.1 Å². The summed E-state index contributed by atoms with van der Waals surface area (Å²) in [7, 11) is -0.680. The van der Waals surface area contributed by atoms with E-state index in [0.29, 0.717) is 28.5 Å². The minimum Gasteiger partial charge on any atom is -0.497 e. The van der Waals surface area contributed by atoms with Crippen molar-refractivity contribution in [1.29, 1.82) is 0 Å². The average Bonchev–Trinajstić information content (AvgIpc) is 3.02. The molecule has 0 amide bonds. The Hall–Kier alpha value is -4.46. The summed E-state index contributed by atoms with van der Waals surface area (Å²) in [5.74, 6) is 1.36. The van der Waals surface area contributed by atoms with Crippen LogP contribution < -0.4 is 26.1 Å². The molecule has 3 nitrogen and oxygen atoms in total. The van der Waals surface area contributed by atoms with E-state index in [1.165, 1.54) is 15.9 Å². The SMILES string of the molecule is COc1ccc(-c2oc3ccccc3c(=O)c2C[P+](c2ccccc2)(c2ccccc2)c2ccccc2)cc1. The third-order valence-corrected chi connectivity index (χ3v) is 11.6. The minimum atomic E-state index is -2.33. The molecule has 0 N–H and O–H groups in total. The summed E-state index contributed by atoms with van der Waals surface area (Å²) in [5, 5.41) is 4.25. The van der Waals surface area contributed by atoms with Crippen LogP contribution in [0.25, 0.3) is 22.3 Å². The maximum Gasteiger partial charge on any atom is 0.200 e. The lowest BCUT2D eigenvalue weighted by molar-refractivity contribution is 0.415. The van der Waals surface area contributed by atoms with E-state index in [1.807, 2.05) is 66.7 Å². The van der Waals surface area contributed by atoms with Crippen LogP contribution in [0, 0.1) is 0 Å². The van der Waals surface area contributed by atoms with E-state index >= 15 is 0 Å². The van der Waals surface area contributed by atoms with Crippen LogP contribution >= 0.6 is 7.26 Å². The number of hydrogen-bond acceptors (Lipinski definition) is 3. The largest absolute Gasteiger partial charge is 0.497 e. The predicted octanol–water partition coefficient (Wildman–Crippen LogP) is 6.96. The van der Waals surface area contributed by atoms with Gasteiger partial charge in [0.15, 0.2) is 5.43 Å². The molecule has 6 aromatic rings. The zero-order valence-corrected chi connectivity index (χ0v) is 22.6. The van der Waals surface area contributed by atoms with Gasteiger partial charge in [-0.15, -0.1) is 0 Å². The number of methoxy groups -OCH3 is 1. The third kappa shape index (κ3) is 4.56. The van der Waals surface area contributed by atoms with Gasteiger partial charge in [-0.3, -0.25) is 4.79 Å². The van der Waals surface area contributed by atoms with Crippen LogP contribution in [0.15, 0.2) is 149 Å². The van der Waals surface area contributed by atoms with Gasteiger partial charge in [0.25, 0.3) is 0 Å². The van der Waals surface area contributed by atoms with Crippen LogP contribution in [0.5, 0.6) is 5.75 Å². The Bertz CT molecular complexity index is 1660. The molecule has 0 saturated carbocycles. The maximum absolute atomic E-state index is 14.4. The molecule has 190 valence electrons. The molecule has 0 fully saturated rings. The zero-order chi connectivity index (χ0) is 26.7. The molecule has 0 aliphatic carbocycles. The van der Waals surface area contributed by atoms with Gasteiger partial charge in [-0.05, 0) is 72.8 Å². The smallest absolute Gasteiger partial charge is 0.200 e. The van der Waals surface area contributed by atoms with Gasteiger partial charge in [-0.2, -0.15) is 0 Å². The summed E-state index contributed by atoms with van der Waals surface area (Å²) in [6.07, 6.45) is 0.527. The highest BCUT2D eigenvalue weighted by molar-refractivity contribution is 7.95. The molecule has 0 bridgehead atoms. The summed E-state index contributed by atoms with van der Waals surface area (Å²) >= 11 is 0. The molecule has 0 atom stereocenters. The molecule has 1 aromatic heterocycles. The third-order valence-electron chi connectivity index (χ3n) is 7.23. The van der Waals surface area contributed by atoms with Gasteiger partial charge in [-0.25, -0.2) is 0 Å². The monoisotopic (exact) mass is 527 g/mol. The number of ether oxygens (including phenoxy) is 1. The Morgan fingerprint density at radius 3 is 1.62 bits per heavy atom. The second-order valence-corrected chi connectivity index (χ2v) is 12.9. The average molecular weight is 528 g/mol. The second kappa shape index (κ2) is 10.7. The summed E-state index contributed by atoms with van der Waals surface area (Å²) in [5.41, 5.74) is 2.12. The molecule has 0 unspecified atom stereocenters. The van der Waals surface area contributed by atoms with Gasteiger partial charge in [0, 0.05) is 5.56 Å². The molecule has 0 aliphatic rings. The molecule has 0 spiro atoms. The Morgan fingerprint density at radius 1 is 0.615 bits per heavy atom. The predicted molar refractivity (Wildman–Crippen MR) is 163 cm³/mol. The topological polar surface area (TPSA) is 39.4 Å². The first-order valence-corrected chi connectivity index (χ1v) is 14.9. The first-order valence-electron chi connectivity index (χ1n) is 12.9. The Balaban J connectivity index is 1.69. The van der Waals surface area contributed by atoms with E-state index < -0.39 is 7.26 Å². The molecule has 0 aliphatic heterocycles. The lowest BCUT2D eigenvalue weighted by atomic mass is 10.1. The minimum absolute atomic E-state index is 0.00911. The first-order chi connectivity index (χ1) is 19.2. The fourth-order valence-corrected chi connectivity index (χ4v) is 9.55. The van der Waals surface area contributed by atoms with Crippen molar-refractivity contribution < 1.29 is 9.15 Å². The fourth-order valence-electron chi connectivity index (χ4n) is 5.31. The van der Waals surface area contributed by atoms with Crippen molar-refractivity contribution in [1.82, 2.24) is 0 Å². The number of fused-ring (bicyclic) bond motifs is 1. The van der Waals surface area contributed by atoms with Gasteiger partial charge >= 0.3 is 0 Å². The van der Waals surface area contributed by atoms with Gasteiger partial charge in [-0.1, -0.05) is 66.7 Å². The Labute approximate surface area is 228 Å². The van der Waals surface area contributed by atoms with E-state index in [0.717, 1.165) is 11.3 Å². The van der Waals surface area contributed by atoms with Crippen molar-refractivity contribution in [2.24, 2.45) is 0 Å². The molecular weight excluding hydrogens is 499 g/mol. The second-order valence-electron chi connectivity index (χ2n) is 9.44. The van der Waals surface area contributed by atoms with Crippen molar-refractivity contribution in [3.63, 3.8) is 0 Å². The molecule has 39 heavy (non-hydrogen) atoms. The molecule has 1 heterocycles. The van der Waals surface area contributed by atoms with Crippen LogP contribution in [0.3, 0.4) is 0 Å². The molecule has 4 heteroatoms. The lowest BCUT2D eigenvalue weighted by Gasteiger charge is -2.28. The van der Waals surface area contributed by atoms with Crippen molar-refractivity contribution in [3.8, 4) is 17.1 Å². The summed E-state index contributed by atoms with van der Waals surface area (Å²) < 4.78 is 12.0. The molecule has 5 aromatic carbocycles. The molecule has 6 rings (SSSR count). The van der Waals surface area contributed by atoms with Crippen molar-refractivity contribution in [2.45, 2.75) is 6.16 Å². The normalized spacial score (nSPS) is 11.4. The highest BCUT2D eigenvalue weighted by atomic mass is 31.2. The van der Waals surface area contributed by atoms with Crippen molar-refractivity contribution in [2.75, 3.05) is 7.11 Å². The lowest BCUT2D eigenvalue weighted by Crippen LogP contribution is -2.33. The first kappa shape index (κ1) is 24.9. The number of rotatable bonds is 7. The fraction of sp³-hybridized carbons (Fsp3) is 0.0571. The van der Waals surface area contributed by atoms with Crippen molar-refractivity contribution >= 4 is 34.1 Å². The molecular formula is C35H28O3P+. The Kier molecular flexibility index (Phi) is 6.84. The standard InChI is InChI=1S/C35H28O3P/c1-37-27-23-21-26(22-24-27)35-32(34(36)31-19-11-12-20-33(31)38-35)25-39(28-13-5-2-6-14-28,29-15-7-3-8-16-29)30-17-9-4-10-18-30/h2-24H,25H2,1H3/q+1. The van der Waals surface area contributed by atoms with E-state index in [-0.39, 0.29) is 5.43 Å². The molecule has 0 radical (unpaired) electrons. The van der Waals surface area contributed by atoms with Crippen LogP contribution in [-0.2, 0) is 6.16 Å². The van der Waals surface area contributed by atoms with Crippen LogP contribution in [0.2, 0.25) is 0 Å². The van der Waals surface area contributed by atoms with Gasteiger partial charge in [0.1, 0.15) is 46.4 Å². The summed E-state index contributed by atoms with van der Waals surface area (Å²) in [4.78, 5) is 14.4. The quantitative estimate of drug-likeness (QED) is 0.211. The van der Waals surface area contributed by atoms with E-state index in [4.69, 9.17) is 9.15 Å². The van der Waals surface area contributed by atoms with Crippen molar-refractivity contribution in [3.05, 3.63) is 155 Å². The highest BCUT2D eigenvalue weighted by Crippen LogP contribution is 2.58. The highest BCUT2D eigenvalue weighted by Gasteiger charge is 2.47. The van der Waals surface area contributed by atoms with Crippen LogP contribution in [0.1, 0.15) is 5.56 Å². The number of hydrogen-bond donors (Lipinski definition) is 0. The Morgan fingerprint density at radius 2 is 1.10 bits per heavy atom. The van der Waals surface area contributed by atoms with E-state index in [1.54, 1.807) is 7.11 Å². The number of benzene rings is 5. The van der Waals surface area contributed by atoms with Gasteiger partial charge in [0.2, 0.25) is 0 Å². The summed E-state index contributed by atoms with van der Waals surface area (Å²) in [6, 6.07) is 47.1. The number of para-hydroxylation sites is 1. The maximum atomic E-state index is 14.4. The summed E-state index contributed by atoms with van der Waals surface area (Å²) in [6.45, 7) is 0. The van der Waals surface area contributed by atoms with Crippen LogP contribution in [0.4, 0.5) is 0 Å². The molecule has 0 saturated heterocycles. The van der Waals surface area contributed by atoms with Crippen LogP contribution in [-0.4, -0.2) is 7.11 Å². The van der Waals surface area contributed by atoms with E-state index in [2.05, 4.69) is 72.8 Å².